The van der Waals surface area contributed by atoms with Crippen molar-refractivity contribution in [1.82, 2.24) is 4.98 Å². The summed E-state index contributed by atoms with van der Waals surface area (Å²) < 4.78 is 0. The first kappa shape index (κ1) is 10.8. The number of halogens is 1. The number of carboxylic acids is 1. The molecule has 0 unspecified atom stereocenters. The fourth-order valence-electron chi connectivity index (χ4n) is 1.61. The van der Waals surface area contributed by atoms with Crippen molar-refractivity contribution in [3.63, 3.8) is 0 Å². The molecule has 0 aliphatic carbocycles. The fourth-order valence-corrected chi connectivity index (χ4v) is 1.83. The minimum atomic E-state index is -0.998. The normalized spacial score (nSPS) is 10.6. The van der Waals surface area contributed by atoms with Crippen LogP contribution in [0.25, 0.3) is 16.5 Å². The number of benzene rings is 1. The molecule has 82 valence electrons. The molecule has 0 radical (unpaired) electrons. The molecule has 1 aromatic carbocycles. The number of carboxylic acid groups (broad SMARTS) is 1. The van der Waals surface area contributed by atoms with Gasteiger partial charge in [-0.1, -0.05) is 18.2 Å². The first-order valence-electron chi connectivity index (χ1n) is 4.70. The Balaban J connectivity index is 2.80. The van der Waals surface area contributed by atoms with Crippen LogP contribution in [0.2, 0.25) is 5.02 Å². The molecule has 2 N–H and O–H groups in total. The van der Waals surface area contributed by atoms with Crippen LogP contribution in [0.1, 0.15) is 23.0 Å². The van der Waals surface area contributed by atoms with Gasteiger partial charge in [-0.15, -0.1) is 0 Å². The van der Waals surface area contributed by atoms with Crippen molar-refractivity contribution in [2.24, 2.45) is 0 Å². The third kappa shape index (κ3) is 1.70. The zero-order valence-corrected chi connectivity index (χ0v) is 9.43. The summed E-state index contributed by atoms with van der Waals surface area (Å²) >= 11 is 5.86. The molecule has 0 atom stereocenters. The highest BCUT2D eigenvalue weighted by Crippen LogP contribution is 2.26. The molecule has 2 rings (SSSR count). The van der Waals surface area contributed by atoms with E-state index in [9.17, 15) is 4.79 Å². The topological polar surface area (TPSA) is 53.1 Å². The highest BCUT2D eigenvalue weighted by Gasteiger charge is 2.12. The van der Waals surface area contributed by atoms with Crippen molar-refractivity contribution in [3.8, 4) is 0 Å². The number of aromatic carboxylic acids is 1. The van der Waals surface area contributed by atoms with Crippen molar-refractivity contribution in [2.45, 2.75) is 6.92 Å². The molecule has 0 aliphatic heterocycles. The molecule has 16 heavy (non-hydrogen) atoms. The predicted molar refractivity (Wildman–Crippen MR) is 65.0 cm³/mol. The van der Waals surface area contributed by atoms with Crippen LogP contribution in [0.15, 0.2) is 24.8 Å². The van der Waals surface area contributed by atoms with Crippen molar-refractivity contribution >= 4 is 34.0 Å². The number of nitrogens with one attached hydrogen (secondary N) is 1. The van der Waals surface area contributed by atoms with Gasteiger partial charge >= 0.3 is 5.97 Å². The number of aromatic amines is 1. The Morgan fingerprint density at radius 3 is 2.69 bits per heavy atom. The van der Waals surface area contributed by atoms with Crippen LogP contribution in [0, 0.1) is 0 Å². The molecular weight excluding hydrogens is 226 g/mol. The van der Waals surface area contributed by atoms with Gasteiger partial charge in [-0.25, -0.2) is 4.79 Å². The van der Waals surface area contributed by atoms with Crippen molar-refractivity contribution in [2.75, 3.05) is 0 Å². The maximum absolute atomic E-state index is 11.0. The lowest BCUT2D eigenvalue weighted by Gasteiger charge is -1.98. The maximum Gasteiger partial charge on any atom is 0.337 e. The first-order chi connectivity index (χ1) is 7.49. The molecule has 2 aromatic rings. The maximum atomic E-state index is 11.0. The average Bonchev–Trinajstić information content (AvgIpc) is 2.59. The van der Waals surface area contributed by atoms with Gasteiger partial charge in [0.25, 0.3) is 0 Å². The van der Waals surface area contributed by atoms with Gasteiger partial charge < -0.3 is 10.1 Å². The lowest BCUT2D eigenvalue weighted by molar-refractivity contribution is 0.0699. The quantitative estimate of drug-likeness (QED) is 0.836. The first-order valence-corrected chi connectivity index (χ1v) is 5.08. The van der Waals surface area contributed by atoms with E-state index in [2.05, 4.69) is 11.6 Å². The summed E-state index contributed by atoms with van der Waals surface area (Å²) in [5, 5.41) is 10.2. The standard InChI is InChI=1S/C12H10ClNO2/c1-6(2)10-4-7-3-8(13)5-9(12(15)16)11(7)14-10/h3-5,14H,1H2,2H3,(H,15,16). The highest BCUT2D eigenvalue weighted by atomic mass is 35.5. The van der Waals surface area contributed by atoms with Crippen LogP contribution >= 0.6 is 11.6 Å². The van der Waals surface area contributed by atoms with E-state index in [1.54, 1.807) is 6.07 Å². The van der Waals surface area contributed by atoms with Crippen LogP contribution < -0.4 is 0 Å². The summed E-state index contributed by atoms with van der Waals surface area (Å²) in [7, 11) is 0. The largest absolute Gasteiger partial charge is 0.478 e. The molecule has 1 heterocycles. The molecule has 0 saturated carbocycles. The number of fused-ring (bicyclic) bond motifs is 1. The second-order valence-electron chi connectivity index (χ2n) is 3.69. The van der Waals surface area contributed by atoms with Crippen LogP contribution in [0.4, 0.5) is 0 Å². The van der Waals surface area contributed by atoms with Gasteiger partial charge in [0.05, 0.1) is 11.1 Å². The van der Waals surface area contributed by atoms with Crippen molar-refractivity contribution < 1.29 is 9.90 Å². The summed E-state index contributed by atoms with van der Waals surface area (Å²) in [4.78, 5) is 14.1. The molecule has 4 heteroatoms. The number of allylic oxidation sites excluding steroid dienone is 1. The molecular formula is C12H10ClNO2. The van der Waals surface area contributed by atoms with Gasteiger partial charge in [0.1, 0.15) is 0 Å². The second kappa shape index (κ2) is 3.68. The molecule has 0 bridgehead atoms. The molecule has 0 saturated heterocycles. The van der Waals surface area contributed by atoms with Gasteiger partial charge in [0, 0.05) is 16.1 Å². The summed E-state index contributed by atoms with van der Waals surface area (Å²) in [6, 6.07) is 5.01. The fraction of sp³-hybridized carbons (Fsp3) is 0.0833. The third-order valence-corrected chi connectivity index (χ3v) is 2.60. The van der Waals surface area contributed by atoms with E-state index in [1.807, 2.05) is 13.0 Å². The average molecular weight is 236 g/mol. The predicted octanol–water partition coefficient (Wildman–Crippen LogP) is 3.55. The van der Waals surface area contributed by atoms with Gasteiger partial charge in [-0.05, 0) is 30.7 Å². The smallest absolute Gasteiger partial charge is 0.337 e. The summed E-state index contributed by atoms with van der Waals surface area (Å²) in [6.45, 7) is 5.66. The molecule has 0 aliphatic rings. The Hall–Kier alpha value is -1.74. The third-order valence-electron chi connectivity index (χ3n) is 2.38. The van der Waals surface area contributed by atoms with Gasteiger partial charge in [-0.3, -0.25) is 0 Å². The molecule has 3 nitrogen and oxygen atoms in total. The number of rotatable bonds is 2. The summed E-state index contributed by atoms with van der Waals surface area (Å²) in [5.74, 6) is -0.998. The molecule has 0 amide bonds. The van der Waals surface area contributed by atoms with Crippen LogP contribution in [-0.2, 0) is 0 Å². The molecule has 1 aromatic heterocycles. The number of aromatic nitrogens is 1. The van der Waals surface area contributed by atoms with Crippen LogP contribution in [-0.4, -0.2) is 16.1 Å². The van der Waals surface area contributed by atoms with E-state index in [0.29, 0.717) is 10.5 Å². The van der Waals surface area contributed by atoms with E-state index in [-0.39, 0.29) is 5.56 Å². The van der Waals surface area contributed by atoms with E-state index >= 15 is 0 Å². The van der Waals surface area contributed by atoms with E-state index in [4.69, 9.17) is 16.7 Å². The summed E-state index contributed by atoms with van der Waals surface area (Å²) in [5.41, 5.74) is 2.42. The monoisotopic (exact) mass is 235 g/mol. The SMILES string of the molecule is C=C(C)c1cc2cc(Cl)cc(C(=O)O)c2[nH]1. The Morgan fingerprint density at radius 1 is 1.44 bits per heavy atom. The number of H-pyrrole nitrogens is 1. The molecule has 0 spiro atoms. The zero-order valence-electron chi connectivity index (χ0n) is 8.67. The second-order valence-corrected chi connectivity index (χ2v) is 4.12. The Kier molecular flexibility index (Phi) is 2.48. The Morgan fingerprint density at radius 2 is 2.12 bits per heavy atom. The Bertz CT molecular complexity index is 598. The lowest BCUT2D eigenvalue weighted by atomic mass is 10.1. The highest BCUT2D eigenvalue weighted by molar-refractivity contribution is 6.32. The van der Waals surface area contributed by atoms with E-state index in [0.717, 1.165) is 16.7 Å². The van der Waals surface area contributed by atoms with E-state index in [1.165, 1.54) is 6.07 Å². The van der Waals surface area contributed by atoms with Gasteiger partial charge in [0.15, 0.2) is 0 Å². The van der Waals surface area contributed by atoms with Gasteiger partial charge in [0.2, 0.25) is 0 Å². The minimum absolute atomic E-state index is 0.176. The number of hydrogen-bond acceptors (Lipinski definition) is 1. The van der Waals surface area contributed by atoms with E-state index < -0.39 is 5.97 Å². The number of carbonyl (C=O) groups is 1. The Labute approximate surface area is 97.4 Å². The van der Waals surface area contributed by atoms with Gasteiger partial charge in [-0.2, -0.15) is 0 Å². The summed E-state index contributed by atoms with van der Waals surface area (Å²) in [6.07, 6.45) is 0. The number of hydrogen-bond donors (Lipinski definition) is 2. The lowest BCUT2D eigenvalue weighted by Crippen LogP contribution is -1.97. The van der Waals surface area contributed by atoms with Crippen molar-refractivity contribution in [3.05, 3.63) is 41.1 Å². The van der Waals surface area contributed by atoms with Crippen LogP contribution in [0.3, 0.4) is 0 Å². The molecule has 0 fully saturated rings. The zero-order chi connectivity index (χ0) is 11.9. The van der Waals surface area contributed by atoms with Crippen molar-refractivity contribution in [1.29, 1.82) is 0 Å². The van der Waals surface area contributed by atoms with Crippen LogP contribution in [0.5, 0.6) is 0 Å². The minimum Gasteiger partial charge on any atom is -0.478 e.